The number of nitrogens with two attached hydrogens (primary N) is 1. The van der Waals surface area contributed by atoms with Crippen molar-refractivity contribution in [1.29, 1.82) is 0 Å². The molecule has 32 heavy (non-hydrogen) atoms. The summed E-state index contributed by atoms with van der Waals surface area (Å²) in [6.07, 6.45) is 5.47. The zero-order valence-electron chi connectivity index (χ0n) is 18.1. The van der Waals surface area contributed by atoms with Crippen LogP contribution >= 0.6 is 0 Å². The molecule has 0 spiro atoms. The molecular weight excluding hydrogens is 406 g/mol. The molecule has 166 valence electrons. The lowest BCUT2D eigenvalue weighted by atomic mass is 10.1. The van der Waals surface area contributed by atoms with Crippen molar-refractivity contribution in [2.45, 2.75) is 45.2 Å². The molecule has 1 aromatic carbocycles. The van der Waals surface area contributed by atoms with Gasteiger partial charge in [-0.05, 0) is 54.7 Å². The number of amides is 3. The van der Waals surface area contributed by atoms with Crippen LogP contribution in [-0.4, -0.2) is 32.7 Å². The number of rotatable bonds is 7. The highest BCUT2D eigenvalue weighted by atomic mass is 16.2. The van der Waals surface area contributed by atoms with E-state index < -0.39 is 0 Å². The monoisotopic (exact) mass is 433 g/mol. The number of nitrogen functional groups attached to an aromatic ring is 1. The average molecular weight is 434 g/mol. The summed E-state index contributed by atoms with van der Waals surface area (Å²) in [6.45, 7) is 4.38. The number of nitrogens with one attached hydrogen (secondary N) is 3. The van der Waals surface area contributed by atoms with Gasteiger partial charge in [0.25, 0.3) is 5.91 Å². The van der Waals surface area contributed by atoms with Gasteiger partial charge >= 0.3 is 6.03 Å². The minimum absolute atomic E-state index is 0.0753. The maximum Gasteiger partial charge on any atom is 0.319 e. The van der Waals surface area contributed by atoms with Crippen LogP contribution in [0, 0.1) is 0 Å². The first kappa shape index (κ1) is 21.4. The van der Waals surface area contributed by atoms with Gasteiger partial charge in [-0.25, -0.2) is 14.5 Å². The lowest BCUT2D eigenvalue weighted by molar-refractivity contribution is 0.0949. The lowest BCUT2D eigenvalue weighted by Gasteiger charge is -2.09. The Morgan fingerprint density at radius 3 is 2.53 bits per heavy atom. The van der Waals surface area contributed by atoms with Crippen molar-refractivity contribution in [2.24, 2.45) is 0 Å². The molecule has 2 aromatic heterocycles. The average Bonchev–Trinajstić information content (AvgIpc) is 3.47. The third-order valence-electron chi connectivity index (χ3n) is 5.14. The number of carbonyl (C=O) groups excluding carboxylic acids is 2. The molecule has 1 aliphatic carbocycles. The standard InChI is InChI=1S/C23H27N7O2/c1-14(2)21-19(22(31)27-16-4-5-16)13-30(29-21)18-8-6-17(7-9-18)28-23(32)26-12-15-3-10-20(24)25-11-15/h3,6-11,13-14,16H,4-5,12H2,1-2H3,(H2,24,25)(H,27,31)(H2,26,28,32). The van der Waals surface area contributed by atoms with Crippen LogP contribution in [0.3, 0.4) is 0 Å². The summed E-state index contributed by atoms with van der Waals surface area (Å²) in [4.78, 5) is 28.8. The molecule has 9 heteroatoms. The second-order valence-electron chi connectivity index (χ2n) is 8.22. The third kappa shape index (κ3) is 5.23. The van der Waals surface area contributed by atoms with Crippen LogP contribution in [0.2, 0.25) is 0 Å². The van der Waals surface area contributed by atoms with Crippen molar-refractivity contribution in [3.05, 3.63) is 65.6 Å². The lowest BCUT2D eigenvalue weighted by Crippen LogP contribution is -2.28. The Balaban J connectivity index is 1.40. The van der Waals surface area contributed by atoms with Gasteiger partial charge in [-0.3, -0.25) is 4.79 Å². The maximum absolute atomic E-state index is 12.6. The van der Waals surface area contributed by atoms with Crippen LogP contribution in [0.15, 0.2) is 48.8 Å². The van der Waals surface area contributed by atoms with Crippen LogP contribution in [-0.2, 0) is 6.54 Å². The first-order valence-corrected chi connectivity index (χ1v) is 10.6. The quantitative estimate of drug-likeness (QED) is 0.455. The van der Waals surface area contributed by atoms with Crippen LogP contribution in [0.1, 0.15) is 54.2 Å². The van der Waals surface area contributed by atoms with Crippen molar-refractivity contribution in [3.8, 4) is 5.69 Å². The molecular formula is C23H27N7O2. The minimum Gasteiger partial charge on any atom is -0.384 e. The molecule has 9 nitrogen and oxygen atoms in total. The van der Waals surface area contributed by atoms with Gasteiger partial charge in [0.2, 0.25) is 0 Å². The van der Waals surface area contributed by atoms with Gasteiger partial charge in [-0.1, -0.05) is 19.9 Å². The highest BCUT2D eigenvalue weighted by molar-refractivity contribution is 5.95. The molecule has 4 rings (SSSR count). The number of urea groups is 1. The van der Waals surface area contributed by atoms with Crippen molar-refractivity contribution in [1.82, 2.24) is 25.4 Å². The molecule has 2 heterocycles. The van der Waals surface area contributed by atoms with Gasteiger partial charge in [0.15, 0.2) is 0 Å². The van der Waals surface area contributed by atoms with Gasteiger partial charge in [0, 0.05) is 30.7 Å². The van der Waals surface area contributed by atoms with Crippen molar-refractivity contribution in [2.75, 3.05) is 11.1 Å². The number of nitrogens with zero attached hydrogens (tertiary/aromatic N) is 3. The molecule has 0 unspecified atom stereocenters. The Hall–Kier alpha value is -3.88. The van der Waals surface area contributed by atoms with Gasteiger partial charge in [0.05, 0.1) is 16.9 Å². The summed E-state index contributed by atoms with van der Waals surface area (Å²) in [5.41, 5.74) is 9.23. The van der Waals surface area contributed by atoms with Crippen molar-refractivity contribution < 1.29 is 9.59 Å². The van der Waals surface area contributed by atoms with Gasteiger partial charge < -0.3 is 21.7 Å². The number of hydrogen-bond donors (Lipinski definition) is 4. The summed E-state index contributed by atoms with van der Waals surface area (Å²) in [5, 5.41) is 13.2. The Morgan fingerprint density at radius 1 is 1.16 bits per heavy atom. The van der Waals surface area contributed by atoms with Crippen molar-refractivity contribution in [3.63, 3.8) is 0 Å². The number of aromatic nitrogens is 3. The summed E-state index contributed by atoms with van der Waals surface area (Å²) in [7, 11) is 0. The number of hydrogen-bond acceptors (Lipinski definition) is 5. The largest absolute Gasteiger partial charge is 0.384 e. The molecule has 1 fully saturated rings. The van der Waals surface area contributed by atoms with E-state index in [0.29, 0.717) is 29.7 Å². The third-order valence-corrected chi connectivity index (χ3v) is 5.14. The van der Waals surface area contributed by atoms with E-state index in [1.54, 1.807) is 35.3 Å². The second-order valence-corrected chi connectivity index (χ2v) is 8.22. The Kier molecular flexibility index (Phi) is 6.07. The fourth-order valence-corrected chi connectivity index (χ4v) is 3.21. The van der Waals surface area contributed by atoms with Gasteiger partial charge in [-0.2, -0.15) is 5.10 Å². The molecule has 0 radical (unpaired) electrons. The molecule has 3 aromatic rings. The second kappa shape index (κ2) is 9.09. The Bertz CT molecular complexity index is 1100. The predicted molar refractivity (Wildman–Crippen MR) is 123 cm³/mol. The minimum atomic E-state index is -0.324. The van der Waals surface area contributed by atoms with E-state index in [1.807, 2.05) is 32.0 Å². The van der Waals surface area contributed by atoms with E-state index in [4.69, 9.17) is 5.73 Å². The Morgan fingerprint density at radius 2 is 1.91 bits per heavy atom. The molecule has 1 saturated carbocycles. The molecule has 0 saturated heterocycles. The van der Waals surface area contributed by atoms with Gasteiger partial charge in [-0.15, -0.1) is 0 Å². The molecule has 0 atom stereocenters. The van der Waals surface area contributed by atoms with Crippen LogP contribution in [0.4, 0.5) is 16.3 Å². The predicted octanol–water partition coefficient (Wildman–Crippen LogP) is 3.19. The zero-order valence-corrected chi connectivity index (χ0v) is 18.1. The fraction of sp³-hybridized carbons (Fsp3) is 0.304. The van der Waals surface area contributed by atoms with Crippen LogP contribution in [0.25, 0.3) is 5.69 Å². The summed E-state index contributed by atoms with van der Waals surface area (Å²) >= 11 is 0. The summed E-state index contributed by atoms with van der Waals surface area (Å²) in [5.74, 6) is 0.484. The number of pyridine rings is 1. The normalized spacial score (nSPS) is 13.1. The summed E-state index contributed by atoms with van der Waals surface area (Å²) < 4.78 is 1.70. The Labute approximate surface area is 186 Å². The SMILES string of the molecule is CC(C)c1nn(-c2ccc(NC(=O)NCc3ccc(N)nc3)cc2)cc1C(=O)NC1CC1. The topological polar surface area (TPSA) is 127 Å². The van der Waals surface area contributed by atoms with Crippen LogP contribution < -0.4 is 21.7 Å². The number of benzene rings is 1. The highest BCUT2D eigenvalue weighted by Crippen LogP contribution is 2.24. The molecule has 0 aliphatic heterocycles. The van der Waals surface area contributed by atoms with E-state index in [9.17, 15) is 9.59 Å². The van der Waals surface area contributed by atoms with Gasteiger partial charge in [0.1, 0.15) is 5.82 Å². The van der Waals surface area contributed by atoms with E-state index in [1.165, 1.54) is 0 Å². The van der Waals surface area contributed by atoms with Crippen molar-refractivity contribution >= 4 is 23.4 Å². The fourth-order valence-electron chi connectivity index (χ4n) is 3.21. The van der Waals surface area contributed by atoms with Crippen LogP contribution in [0.5, 0.6) is 0 Å². The molecule has 5 N–H and O–H groups in total. The maximum atomic E-state index is 12.6. The van der Waals surface area contributed by atoms with E-state index in [2.05, 4.69) is 26.0 Å². The highest BCUT2D eigenvalue weighted by Gasteiger charge is 2.27. The zero-order chi connectivity index (χ0) is 22.7. The van der Waals surface area contributed by atoms with E-state index in [0.717, 1.165) is 29.8 Å². The molecule has 1 aliphatic rings. The van der Waals surface area contributed by atoms with E-state index >= 15 is 0 Å². The first-order chi connectivity index (χ1) is 15.4. The number of anilines is 2. The molecule has 3 amide bonds. The first-order valence-electron chi connectivity index (χ1n) is 10.6. The van der Waals surface area contributed by atoms with E-state index in [-0.39, 0.29) is 17.9 Å². The molecule has 0 bridgehead atoms. The smallest absolute Gasteiger partial charge is 0.319 e. The number of carbonyl (C=O) groups is 2. The summed E-state index contributed by atoms with van der Waals surface area (Å²) in [6, 6.07) is 10.7.